The Kier molecular flexibility index (Phi) is 7.30. The monoisotopic (exact) mass is 449 g/mol. The van der Waals surface area contributed by atoms with Gasteiger partial charge in [0.15, 0.2) is 5.16 Å². The first kappa shape index (κ1) is 22.6. The van der Waals surface area contributed by atoms with Gasteiger partial charge in [0.25, 0.3) is 5.56 Å². The summed E-state index contributed by atoms with van der Waals surface area (Å²) in [5, 5.41) is 4.31. The highest BCUT2D eigenvalue weighted by molar-refractivity contribution is 7.99. The topological polar surface area (TPSA) is 64.0 Å². The summed E-state index contributed by atoms with van der Waals surface area (Å²) in [6, 6.07) is 15.7. The normalized spacial score (nSPS) is 15.1. The van der Waals surface area contributed by atoms with Crippen molar-refractivity contribution in [2.75, 3.05) is 5.75 Å². The number of aromatic nitrogens is 2. The Morgan fingerprint density at radius 2 is 1.75 bits per heavy atom. The van der Waals surface area contributed by atoms with Crippen molar-refractivity contribution >= 4 is 28.6 Å². The first-order valence-electron chi connectivity index (χ1n) is 11.6. The number of para-hydroxylation sites is 1. The van der Waals surface area contributed by atoms with E-state index >= 15 is 0 Å². The van der Waals surface area contributed by atoms with Crippen molar-refractivity contribution in [3.63, 3.8) is 0 Å². The Hall–Kier alpha value is -2.60. The summed E-state index contributed by atoms with van der Waals surface area (Å²) in [5.41, 5.74) is 2.52. The summed E-state index contributed by atoms with van der Waals surface area (Å²) >= 11 is 1.32. The smallest absolute Gasteiger partial charge is 0.266 e. The van der Waals surface area contributed by atoms with Crippen LogP contribution in [0.3, 0.4) is 0 Å². The second-order valence-corrected chi connectivity index (χ2v) is 9.79. The number of amides is 1. The summed E-state index contributed by atoms with van der Waals surface area (Å²) in [6.45, 7) is 4.29. The minimum Gasteiger partial charge on any atom is -0.353 e. The van der Waals surface area contributed by atoms with Crippen LogP contribution in [0.1, 0.15) is 63.9 Å². The Morgan fingerprint density at radius 3 is 2.44 bits per heavy atom. The number of hydrogen-bond donors (Lipinski definition) is 1. The van der Waals surface area contributed by atoms with Crippen molar-refractivity contribution in [3.8, 4) is 5.69 Å². The molecule has 1 amide bonds. The maximum absolute atomic E-state index is 13.4. The third-order valence-electron chi connectivity index (χ3n) is 6.12. The standard InChI is InChI=1S/C26H31N3O2S/c1-18(2)19-13-15-21(16-14-19)29-25(31)22-11-7-8-12-23(22)28-26(29)32-17-24(30)27-20-9-5-3-4-6-10-20/h7-8,11-16,18,20H,3-6,9-10,17H2,1-2H3,(H,27,30). The van der Waals surface area contributed by atoms with Crippen molar-refractivity contribution < 1.29 is 4.79 Å². The summed E-state index contributed by atoms with van der Waals surface area (Å²) < 4.78 is 1.63. The van der Waals surface area contributed by atoms with Gasteiger partial charge in [-0.2, -0.15) is 0 Å². The molecule has 1 fully saturated rings. The molecule has 0 saturated heterocycles. The highest BCUT2D eigenvalue weighted by Gasteiger charge is 2.18. The first-order valence-corrected chi connectivity index (χ1v) is 12.6. The number of carbonyl (C=O) groups excluding carboxylic acids is 1. The van der Waals surface area contributed by atoms with Gasteiger partial charge in [-0.1, -0.05) is 75.6 Å². The molecule has 1 saturated carbocycles. The van der Waals surface area contributed by atoms with Gasteiger partial charge >= 0.3 is 0 Å². The molecule has 1 N–H and O–H groups in total. The van der Waals surface area contributed by atoms with Crippen molar-refractivity contribution in [1.29, 1.82) is 0 Å². The molecule has 0 aliphatic heterocycles. The fourth-order valence-electron chi connectivity index (χ4n) is 4.27. The fraction of sp³-hybridized carbons (Fsp3) is 0.423. The lowest BCUT2D eigenvalue weighted by Gasteiger charge is -2.17. The van der Waals surface area contributed by atoms with Crippen molar-refractivity contribution in [2.24, 2.45) is 0 Å². The number of carbonyl (C=O) groups is 1. The summed E-state index contributed by atoms with van der Waals surface area (Å²) in [7, 11) is 0. The molecule has 3 aromatic rings. The van der Waals surface area contributed by atoms with Crippen LogP contribution in [0, 0.1) is 0 Å². The minimum atomic E-state index is -0.112. The van der Waals surface area contributed by atoms with Gasteiger partial charge in [-0.3, -0.25) is 14.2 Å². The van der Waals surface area contributed by atoms with Crippen LogP contribution in [-0.4, -0.2) is 27.3 Å². The van der Waals surface area contributed by atoms with E-state index in [4.69, 9.17) is 4.98 Å². The molecule has 6 heteroatoms. The van der Waals surface area contributed by atoms with E-state index in [2.05, 4.69) is 31.3 Å². The maximum atomic E-state index is 13.4. The highest BCUT2D eigenvalue weighted by Crippen LogP contribution is 2.23. The second-order valence-electron chi connectivity index (χ2n) is 8.84. The van der Waals surface area contributed by atoms with Crippen LogP contribution < -0.4 is 10.9 Å². The van der Waals surface area contributed by atoms with Crippen molar-refractivity contribution in [3.05, 3.63) is 64.4 Å². The average molecular weight is 450 g/mol. The second kappa shape index (κ2) is 10.3. The summed E-state index contributed by atoms with van der Waals surface area (Å²) in [6.07, 6.45) is 6.97. The van der Waals surface area contributed by atoms with Gasteiger partial charge in [-0.25, -0.2) is 4.98 Å². The molecule has 168 valence electrons. The van der Waals surface area contributed by atoms with E-state index < -0.39 is 0 Å². The maximum Gasteiger partial charge on any atom is 0.266 e. The molecule has 0 bridgehead atoms. The van der Waals surface area contributed by atoms with E-state index in [1.54, 1.807) is 10.6 Å². The fourth-order valence-corrected chi connectivity index (χ4v) is 5.09. The molecular weight excluding hydrogens is 418 g/mol. The van der Waals surface area contributed by atoms with Crippen LogP contribution in [0.4, 0.5) is 0 Å². The molecule has 1 heterocycles. The summed E-state index contributed by atoms with van der Waals surface area (Å²) in [4.78, 5) is 30.8. The largest absolute Gasteiger partial charge is 0.353 e. The van der Waals surface area contributed by atoms with Gasteiger partial charge in [0.1, 0.15) is 0 Å². The molecule has 4 rings (SSSR count). The number of benzene rings is 2. The molecule has 32 heavy (non-hydrogen) atoms. The Morgan fingerprint density at radius 1 is 1.06 bits per heavy atom. The Balaban J connectivity index is 1.61. The van der Waals surface area contributed by atoms with Crippen LogP contribution in [0.15, 0.2) is 58.5 Å². The third kappa shape index (κ3) is 5.23. The predicted molar refractivity (Wildman–Crippen MR) is 132 cm³/mol. The Labute approximate surface area is 193 Å². The highest BCUT2D eigenvalue weighted by atomic mass is 32.2. The number of hydrogen-bond acceptors (Lipinski definition) is 4. The lowest BCUT2D eigenvalue weighted by atomic mass is 10.0. The minimum absolute atomic E-state index is 0.00557. The zero-order valence-electron chi connectivity index (χ0n) is 18.8. The van der Waals surface area contributed by atoms with E-state index in [9.17, 15) is 9.59 Å². The number of thioether (sulfide) groups is 1. The van der Waals surface area contributed by atoms with Crippen LogP contribution >= 0.6 is 11.8 Å². The van der Waals surface area contributed by atoms with E-state index in [0.29, 0.717) is 22.0 Å². The summed E-state index contributed by atoms with van der Waals surface area (Å²) in [5.74, 6) is 0.661. The van der Waals surface area contributed by atoms with Crippen LogP contribution in [-0.2, 0) is 4.79 Å². The zero-order chi connectivity index (χ0) is 22.5. The van der Waals surface area contributed by atoms with E-state index in [1.165, 1.54) is 43.0 Å². The van der Waals surface area contributed by atoms with E-state index in [0.717, 1.165) is 18.5 Å². The van der Waals surface area contributed by atoms with E-state index in [1.807, 2.05) is 30.3 Å². The van der Waals surface area contributed by atoms with E-state index in [-0.39, 0.29) is 23.3 Å². The molecule has 1 aromatic heterocycles. The predicted octanol–water partition coefficient (Wildman–Crippen LogP) is 5.44. The molecular formula is C26H31N3O2S. The quantitative estimate of drug-likeness (QED) is 0.309. The van der Waals surface area contributed by atoms with Crippen molar-refractivity contribution in [1.82, 2.24) is 14.9 Å². The molecule has 5 nitrogen and oxygen atoms in total. The van der Waals surface area contributed by atoms with Gasteiger partial charge in [0, 0.05) is 6.04 Å². The van der Waals surface area contributed by atoms with Crippen LogP contribution in [0.5, 0.6) is 0 Å². The molecule has 0 spiro atoms. The number of fused-ring (bicyclic) bond motifs is 1. The molecule has 0 radical (unpaired) electrons. The zero-order valence-corrected chi connectivity index (χ0v) is 19.7. The molecule has 0 atom stereocenters. The van der Waals surface area contributed by atoms with Gasteiger partial charge in [0.05, 0.1) is 22.3 Å². The lowest BCUT2D eigenvalue weighted by molar-refractivity contribution is -0.119. The first-order chi connectivity index (χ1) is 15.5. The van der Waals surface area contributed by atoms with Gasteiger partial charge in [0.2, 0.25) is 5.91 Å². The molecule has 1 aliphatic carbocycles. The van der Waals surface area contributed by atoms with Crippen LogP contribution in [0.2, 0.25) is 0 Å². The number of nitrogens with one attached hydrogen (secondary N) is 1. The SMILES string of the molecule is CC(C)c1ccc(-n2c(SCC(=O)NC3CCCCCC3)nc3ccccc3c2=O)cc1. The molecule has 2 aromatic carbocycles. The average Bonchev–Trinajstić information content (AvgIpc) is 3.06. The van der Waals surface area contributed by atoms with Crippen molar-refractivity contribution in [2.45, 2.75) is 69.5 Å². The third-order valence-corrected chi connectivity index (χ3v) is 7.05. The molecule has 1 aliphatic rings. The lowest BCUT2D eigenvalue weighted by Crippen LogP contribution is -2.35. The number of nitrogens with zero attached hydrogens (tertiary/aromatic N) is 2. The van der Waals surface area contributed by atoms with Crippen LogP contribution in [0.25, 0.3) is 16.6 Å². The molecule has 0 unspecified atom stereocenters. The Bertz CT molecular complexity index is 1130. The van der Waals surface area contributed by atoms with Gasteiger partial charge in [-0.05, 0) is 48.6 Å². The van der Waals surface area contributed by atoms with Gasteiger partial charge in [-0.15, -0.1) is 0 Å². The number of rotatable bonds is 6. The van der Waals surface area contributed by atoms with Gasteiger partial charge < -0.3 is 5.32 Å².